The Morgan fingerprint density at radius 3 is 0.442 bits per heavy atom. The molecule has 16 nitrogen and oxygen atoms in total. The van der Waals surface area contributed by atoms with Gasteiger partial charge in [-0.05, 0) is 57.1 Å². The fourth-order valence-electron chi connectivity index (χ4n) is 7.98. The highest BCUT2D eigenvalue weighted by atomic mass is 16.4. The molecule has 0 fully saturated rings. The van der Waals surface area contributed by atoms with Crippen LogP contribution in [-0.4, -0.2) is 88.6 Å². The first-order valence-corrected chi connectivity index (χ1v) is 34.0. The van der Waals surface area contributed by atoms with Crippen molar-refractivity contribution in [3.05, 3.63) is 35.9 Å². The lowest BCUT2D eigenvalue weighted by Crippen LogP contribution is -1.93. The molecule has 1 rings (SSSR count). The van der Waals surface area contributed by atoms with Crippen LogP contribution in [0.1, 0.15) is 373 Å². The van der Waals surface area contributed by atoms with Crippen LogP contribution in [0.2, 0.25) is 0 Å². The van der Waals surface area contributed by atoms with E-state index in [2.05, 4.69) is 48.5 Å². The van der Waals surface area contributed by atoms with Crippen LogP contribution in [0.5, 0.6) is 0 Å². The molecular weight excluding hydrogens is 1100 g/mol. The maximum absolute atomic E-state index is 10.2. The van der Waals surface area contributed by atoms with E-state index in [0.717, 1.165) is 89.9 Å². The van der Waals surface area contributed by atoms with Crippen molar-refractivity contribution in [3.8, 4) is 0 Å². The second-order valence-electron chi connectivity index (χ2n) is 22.1. The Hall–Kier alpha value is -5.02. The summed E-state index contributed by atoms with van der Waals surface area (Å²) in [5.74, 6) is -5.54. The van der Waals surface area contributed by atoms with E-state index >= 15 is 0 Å². The summed E-state index contributed by atoms with van der Waals surface area (Å²) in [6, 6.07) is 8.30. The molecule has 0 radical (unpaired) electrons. The number of hydrogen-bond donors (Lipinski definition) is 8. The standard InChI is InChI=1S/7C9H18O2.C7H6O2/c7*1-2-3-4-5-6-7-8-9(10)11;8-7(9)6-4-2-1-3-5-6/h7*2-8H2,1H3,(H,10,11);1-5H,(H,8,9). The van der Waals surface area contributed by atoms with Crippen molar-refractivity contribution in [1.82, 2.24) is 0 Å². The number of rotatable bonds is 50. The topological polar surface area (TPSA) is 298 Å². The summed E-state index contributed by atoms with van der Waals surface area (Å²) in [6.07, 6.45) is 50.8. The largest absolute Gasteiger partial charge is 0.481 e. The average molecular weight is 1230 g/mol. The smallest absolute Gasteiger partial charge is 0.335 e. The molecule has 86 heavy (non-hydrogen) atoms. The van der Waals surface area contributed by atoms with Gasteiger partial charge >= 0.3 is 47.8 Å². The summed E-state index contributed by atoms with van der Waals surface area (Å²) in [5.41, 5.74) is 0.331. The van der Waals surface area contributed by atoms with Gasteiger partial charge in [0.2, 0.25) is 0 Å². The maximum Gasteiger partial charge on any atom is 0.335 e. The zero-order valence-electron chi connectivity index (χ0n) is 55.9. The lowest BCUT2D eigenvalue weighted by Gasteiger charge is -1.97. The molecule has 0 atom stereocenters. The number of carboxylic acid groups (broad SMARTS) is 8. The predicted molar refractivity (Wildman–Crippen MR) is 353 cm³/mol. The minimum Gasteiger partial charge on any atom is -0.481 e. The number of carboxylic acids is 8. The van der Waals surface area contributed by atoms with E-state index < -0.39 is 47.8 Å². The van der Waals surface area contributed by atoms with Crippen molar-refractivity contribution >= 4 is 47.8 Å². The molecule has 0 amide bonds. The van der Waals surface area contributed by atoms with Gasteiger partial charge in [0.05, 0.1) is 5.56 Å². The van der Waals surface area contributed by atoms with Crippen LogP contribution in [0, 0.1) is 0 Å². The first kappa shape index (κ1) is 94.6. The summed E-state index contributed by atoms with van der Waals surface area (Å²) < 4.78 is 0. The van der Waals surface area contributed by atoms with Gasteiger partial charge in [-0.1, -0.05) is 291 Å². The van der Waals surface area contributed by atoms with Crippen LogP contribution in [-0.2, 0) is 33.6 Å². The lowest BCUT2D eigenvalue weighted by atomic mass is 10.1. The summed E-state index contributed by atoms with van der Waals surface area (Å²) >= 11 is 0. The fourth-order valence-corrected chi connectivity index (χ4v) is 7.98. The van der Waals surface area contributed by atoms with Gasteiger partial charge in [0.1, 0.15) is 0 Å². The van der Waals surface area contributed by atoms with E-state index in [4.69, 9.17) is 40.9 Å². The Balaban J connectivity index is -0.000000166. The molecule has 0 spiro atoms. The highest BCUT2D eigenvalue weighted by Gasteiger charge is 2.01. The highest BCUT2D eigenvalue weighted by Crippen LogP contribution is 2.11. The normalized spacial score (nSPS) is 9.80. The second kappa shape index (κ2) is 86.4. The van der Waals surface area contributed by atoms with Crippen molar-refractivity contribution < 1.29 is 79.2 Å². The monoisotopic (exact) mass is 1230 g/mol. The number of hydrogen-bond acceptors (Lipinski definition) is 8. The van der Waals surface area contributed by atoms with Gasteiger partial charge in [0, 0.05) is 44.9 Å². The van der Waals surface area contributed by atoms with E-state index in [-0.39, 0.29) is 0 Å². The first-order chi connectivity index (χ1) is 41.2. The molecule has 0 bridgehead atoms. The molecule has 0 heterocycles. The maximum atomic E-state index is 10.2. The van der Waals surface area contributed by atoms with E-state index in [0.29, 0.717) is 50.5 Å². The van der Waals surface area contributed by atoms with Gasteiger partial charge in [0.15, 0.2) is 0 Å². The van der Waals surface area contributed by atoms with Crippen LogP contribution in [0.3, 0.4) is 0 Å². The van der Waals surface area contributed by atoms with Crippen LogP contribution in [0.25, 0.3) is 0 Å². The number of carbonyl (C=O) groups is 8. The van der Waals surface area contributed by atoms with Crippen molar-refractivity contribution in [1.29, 1.82) is 0 Å². The van der Waals surface area contributed by atoms with Gasteiger partial charge in [0.25, 0.3) is 0 Å². The molecule has 508 valence electrons. The molecule has 1 aromatic carbocycles. The van der Waals surface area contributed by atoms with Crippen molar-refractivity contribution in [3.63, 3.8) is 0 Å². The zero-order valence-corrected chi connectivity index (χ0v) is 55.9. The summed E-state index contributed by atoms with van der Waals surface area (Å²) in [7, 11) is 0. The van der Waals surface area contributed by atoms with Crippen molar-refractivity contribution in [2.45, 2.75) is 363 Å². The SMILES string of the molecule is CCCCCCCCC(=O)O.CCCCCCCCC(=O)O.CCCCCCCCC(=O)O.CCCCCCCCC(=O)O.CCCCCCCCC(=O)O.CCCCCCCCC(=O)O.CCCCCCCCC(=O)O.O=C(O)c1ccccc1. The average Bonchev–Trinajstić information content (AvgIpc) is 3.50. The Labute approximate surface area is 523 Å². The zero-order chi connectivity index (χ0) is 66.4. The van der Waals surface area contributed by atoms with E-state index in [1.807, 2.05) is 0 Å². The molecular formula is C70H132O16. The highest BCUT2D eigenvalue weighted by molar-refractivity contribution is 5.87. The fraction of sp³-hybridized carbons (Fsp3) is 0.800. The van der Waals surface area contributed by atoms with Gasteiger partial charge in [-0.25, -0.2) is 4.79 Å². The van der Waals surface area contributed by atoms with Gasteiger partial charge in [-0.3, -0.25) is 33.6 Å². The quantitative estimate of drug-likeness (QED) is 0.0281. The molecule has 0 aliphatic carbocycles. The van der Waals surface area contributed by atoms with Gasteiger partial charge < -0.3 is 40.9 Å². The van der Waals surface area contributed by atoms with Gasteiger partial charge in [-0.2, -0.15) is 0 Å². The Morgan fingerprint density at radius 2 is 0.337 bits per heavy atom. The van der Waals surface area contributed by atoms with E-state index in [1.54, 1.807) is 30.3 Å². The molecule has 8 N–H and O–H groups in total. The molecule has 0 saturated carbocycles. The summed E-state index contributed by atoms with van der Waals surface area (Å²) in [6.45, 7) is 15.2. The third-order valence-electron chi connectivity index (χ3n) is 13.2. The number of benzene rings is 1. The van der Waals surface area contributed by atoms with Crippen molar-refractivity contribution in [2.24, 2.45) is 0 Å². The second-order valence-corrected chi connectivity index (χ2v) is 22.1. The van der Waals surface area contributed by atoms with Gasteiger partial charge in [-0.15, -0.1) is 0 Å². The first-order valence-electron chi connectivity index (χ1n) is 34.0. The van der Waals surface area contributed by atoms with Crippen LogP contribution < -0.4 is 0 Å². The molecule has 0 saturated heterocycles. The summed E-state index contributed by atoms with van der Waals surface area (Å²) in [5, 5.41) is 66.6. The number of aromatic carboxylic acids is 1. The third kappa shape index (κ3) is 121. The van der Waals surface area contributed by atoms with E-state index in [1.165, 1.54) is 180 Å². The molecule has 0 unspecified atom stereocenters. The molecule has 0 aliphatic heterocycles. The van der Waals surface area contributed by atoms with E-state index in [9.17, 15) is 38.4 Å². The molecule has 0 aliphatic rings. The van der Waals surface area contributed by atoms with Crippen LogP contribution >= 0.6 is 0 Å². The minimum absolute atomic E-state index is 0.331. The predicted octanol–water partition coefficient (Wildman–Crippen LogP) is 21.1. The molecule has 0 aromatic heterocycles. The molecule has 16 heteroatoms. The minimum atomic E-state index is -0.879. The summed E-state index contributed by atoms with van der Waals surface area (Å²) in [4.78, 5) is 80.8. The lowest BCUT2D eigenvalue weighted by molar-refractivity contribution is -0.138. The van der Waals surface area contributed by atoms with Crippen LogP contribution in [0.15, 0.2) is 30.3 Å². The number of aliphatic carboxylic acids is 7. The Kier molecular flexibility index (Phi) is 95.1. The van der Waals surface area contributed by atoms with Crippen molar-refractivity contribution in [2.75, 3.05) is 0 Å². The molecule has 1 aromatic rings. The van der Waals surface area contributed by atoms with Crippen LogP contribution in [0.4, 0.5) is 0 Å². The third-order valence-corrected chi connectivity index (χ3v) is 13.2. The Bertz CT molecular complexity index is 1330. The number of unbranched alkanes of at least 4 members (excludes halogenated alkanes) is 35. The Morgan fingerprint density at radius 1 is 0.209 bits per heavy atom.